The van der Waals surface area contributed by atoms with Crippen molar-refractivity contribution in [2.24, 2.45) is 5.92 Å². The van der Waals surface area contributed by atoms with Crippen molar-refractivity contribution in [3.8, 4) is 17.0 Å². The first-order valence-electron chi connectivity index (χ1n) is 13.4. The van der Waals surface area contributed by atoms with Crippen LogP contribution in [0.3, 0.4) is 0 Å². The molecular formula is C29H34N4O4S. The first-order chi connectivity index (χ1) is 18.5. The number of piperidine rings is 1. The van der Waals surface area contributed by atoms with Crippen molar-refractivity contribution < 1.29 is 19.4 Å². The third kappa shape index (κ3) is 5.42. The molecule has 0 radical (unpaired) electrons. The van der Waals surface area contributed by atoms with Crippen LogP contribution in [0.1, 0.15) is 35.1 Å². The van der Waals surface area contributed by atoms with Gasteiger partial charge >= 0.3 is 5.97 Å². The van der Waals surface area contributed by atoms with Gasteiger partial charge in [0.1, 0.15) is 19.1 Å². The third-order valence-corrected chi connectivity index (χ3v) is 8.64. The minimum absolute atomic E-state index is 0.331. The molecule has 0 bridgehead atoms. The third-order valence-electron chi connectivity index (χ3n) is 7.74. The topological polar surface area (TPSA) is 78.4 Å². The Morgan fingerprint density at radius 1 is 1.16 bits per heavy atom. The van der Waals surface area contributed by atoms with E-state index in [4.69, 9.17) is 14.5 Å². The number of aliphatic carboxylic acids is 1. The summed E-state index contributed by atoms with van der Waals surface area (Å²) in [6.45, 7) is 8.35. The standard InChI is InChI=1S/C29H34N4O4S/c1-20-4-7-27(25(13-20)26-18-38-29(30-26)31-9-2-3-24(15-31)28(34)35)37-17-21-5-6-23-16-32(10-8-22(23)14-21)33-11-12-36-19-33/h4-7,13-14,18,24H,2-3,8-12,15-17,19H2,1H3,(H,34,35)/t24-/m0/s1. The van der Waals surface area contributed by atoms with Crippen molar-refractivity contribution in [1.82, 2.24) is 15.0 Å². The van der Waals surface area contributed by atoms with Gasteiger partial charge in [-0.3, -0.25) is 4.79 Å². The molecule has 8 nitrogen and oxygen atoms in total. The fraction of sp³-hybridized carbons (Fsp3) is 0.448. The maximum atomic E-state index is 11.5. The van der Waals surface area contributed by atoms with Gasteiger partial charge in [0.05, 0.1) is 18.2 Å². The average molecular weight is 535 g/mol. The molecule has 0 aliphatic carbocycles. The van der Waals surface area contributed by atoms with E-state index in [1.54, 1.807) is 11.3 Å². The van der Waals surface area contributed by atoms with Gasteiger partial charge in [0.2, 0.25) is 0 Å². The average Bonchev–Trinajstić information content (AvgIpc) is 3.65. The minimum atomic E-state index is -0.721. The van der Waals surface area contributed by atoms with Crippen LogP contribution in [0.5, 0.6) is 5.75 Å². The van der Waals surface area contributed by atoms with Crippen LogP contribution < -0.4 is 9.64 Å². The van der Waals surface area contributed by atoms with E-state index in [1.807, 2.05) is 6.07 Å². The molecule has 4 heterocycles. The van der Waals surface area contributed by atoms with E-state index >= 15 is 0 Å². The zero-order chi connectivity index (χ0) is 26.1. The van der Waals surface area contributed by atoms with Crippen molar-refractivity contribution >= 4 is 22.4 Å². The second-order valence-corrected chi connectivity index (χ2v) is 11.3. The fourth-order valence-corrected chi connectivity index (χ4v) is 6.43. The summed E-state index contributed by atoms with van der Waals surface area (Å²) >= 11 is 1.57. The molecule has 2 fully saturated rings. The molecule has 0 amide bonds. The number of hydrogen-bond acceptors (Lipinski definition) is 8. The van der Waals surface area contributed by atoms with Gasteiger partial charge < -0.3 is 19.5 Å². The Morgan fingerprint density at radius 2 is 2.08 bits per heavy atom. The number of hydrazine groups is 1. The molecule has 0 unspecified atom stereocenters. The first kappa shape index (κ1) is 25.3. The van der Waals surface area contributed by atoms with Gasteiger partial charge in [-0.1, -0.05) is 29.8 Å². The highest BCUT2D eigenvalue weighted by Crippen LogP contribution is 2.36. The summed E-state index contributed by atoms with van der Waals surface area (Å²) in [5.74, 6) is -0.239. The lowest BCUT2D eigenvalue weighted by Gasteiger charge is -2.34. The van der Waals surface area contributed by atoms with Crippen molar-refractivity contribution in [3.63, 3.8) is 0 Å². The Morgan fingerprint density at radius 3 is 2.92 bits per heavy atom. The zero-order valence-electron chi connectivity index (χ0n) is 21.8. The number of thiazole rings is 1. The Kier molecular flexibility index (Phi) is 7.34. The second kappa shape index (κ2) is 11.0. The predicted molar refractivity (Wildman–Crippen MR) is 147 cm³/mol. The lowest BCUT2D eigenvalue weighted by Crippen LogP contribution is -2.43. The number of carboxylic acids is 1. The Labute approximate surface area is 227 Å². The summed E-state index contributed by atoms with van der Waals surface area (Å²) < 4.78 is 11.9. The van der Waals surface area contributed by atoms with Crippen LogP contribution in [0.4, 0.5) is 5.13 Å². The van der Waals surface area contributed by atoms with Crippen molar-refractivity contribution in [2.75, 3.05) is 44.4 Å². The van der Waals surface area contributed by atoms with E-state index in [9.17, 15) is 9.90 Å². The number of fused-ring (bicyclic) bond motifs is 1. The maximum absolute atomic E-state index is 11.5. The van der Waals surface area contributed by atoms with Crippen LogP contribution in [0.15, 0.2) is 41.8 Å². The van der Waals surface area contributed by atoms with E-state index in [0.29, 0.717) is 19.9 Å². The first-order valence-corrected chi connectivity index (χ1v) is 14.3. The number of carboxylic acid groups (broad SMARTS) is 1. The van der Waals surface area contributed by atoms with Crippen LogP contribution in [0, 0.1) is 12.8 Å². The number of nitrogens with zero attached hydrogens (tertiary/aromatic N) is 4. The quantitative estimate of drug-likeness (QED) is 0.473. The molecule has 2 saturated heterocycles. The van der Waals surface area contributed by atoms with Crippen LogP contribution in [-0.4, -0.2) is 65.6 Å². The summed E-state index contributed by atoms with van der Waals surface area (Å²) in [6, 6.07) is 12.9. The Bertz CT molecular complexity index is 1310. The van der Waals surface area contributed by atoms with Crippen LogP contribution in [-0.2, 0) is 29.1 Å². The monoisotopic (exact) mass is 534 g/mol. The van der Waals surface area contributed by atoms with Crippen molar-refractivity contribution in [1.29, 1.82) is 0 Å². The molecular weight excluding hydrogens is 500 g/mol. The van der Waals surface area contributed by atoms with Crippen LogP contribution in [0.25, 0.3) is 11.3 Å². The SMILES string of the molecule is Cc1ccc(OCc2ccc3c(c2)CCN(N2CCOC2)C3)c(-c2csc(N3CCC[C@H](C(=O)O)C3)n2)c1. The number of anilines is 1. The summed E-state index contributed by atoms with van der Waals surface area (Å²) in [6.07, 6.45) is 2.63. The molecule has 0 spiro atoms. The van der Waals surface area contributed by atoms with Gasteiger partial charge in [0.25, 0.3) is 0 Å². The molecule has 200 valence electrons. The largest absolute Gasteiger partial charge is 0.488 e. The summed E-state index contributed by atoms with van der Waals surface area (Å²) in [7, 11) is 0. The second-order valence-electron chi connectivity index (χ2n) is 10.4. The zero-order valence-corrected chi connectivity index (χ0v) is 22.6. The lowest BCUT2D eigenvalue weighted by atomic mass is 9.98. The summed E-state index contributed by atoms with van der Waals surface area (Å²) in [5, 5.41) is 17.1. The number of aryl methyl sites for hydroxylation is 1. The van der Waals surface area contributed by atoms with Crippen LogP contribution in [0.2, 0.25) is 0 Å². The van der Waals surface area contributed by atoms with Gasteiger partial charge in [-0.25, -0.2) is 15.0 Å². The molecule has 38 heavy (non-hydrogen) atoms. The molecule has 1 N–H and O–H groups in total. The van der Waals surface area contributed by atoms with E-state index in [2.05, 4.69) is 57.6 Å². The van der Waals surface area contributed by atoms with Gasteiger partial charge in [-0.15, -0.1) is 11.3 Å². The number of aromatic nitrogens is 1. The molecule has 3 aliphatic rings. The normalized spacial score (nSPS) is 20.4. The van der Waals surface area contributed by atoms with Crippen molar-refractivity contribution in [3.05, 3.63) is 64.0 Å². The van der Waals surface area contributed by atoms with Gasteiger partial charge in [0.15, 0.2) is 5.13 Å². The maximum Gasteiger partial charge on any atom is 0.308 e. The molecule has 2 aromatic carbocycles. The highest BCUT2D eigenvalue weighted by atomic mass is 32.1. The number of ether oxygens (including phenoxy) is 2. The highest BCUT2D eigenvalue weighted by molar-refractivity contribution is 7.14. The molecule has 1 atom stereocenters. The Balaban J connectivity index is 1.15. The molecule has 6 rings (SSSR count). The van der Waals surface area contributed by atoms with Crippen LogP contribution >= 0.6 is 11.3 Å². The van der Waals surface area contributed by atoms with E-state index in [0.717, 1.165) is 79.8 Å². The van der Waals surface area contributed by atoms with E-state index in [1.165, 1.54) is 16.7 Å². The highest BCUT2D eigenvalue weighted by Gasteiger charge is 2.27. The lowest BCUT2D eigenvalue weighted by molar-refractivity contribution is -0.141. The molecule has 9 heteroatoms. The van der Waals surface area contributed by atoms with E-state index < -0.39 is 5.97 Å². The smallest absolute Gasteiger partial charge is 0.308 e. The van der Waals surface area contributed by atoms with E-state index in [-0.39, 0.29) is 5.92 Å². The summed E-state index contributed by atoms with van der Waals surface area (Å²) in [5.41, 5.74) is 6.93. The molecule has 3 aromatic rings. The van der Waals surface area contributed by atoms with Gasteiger partial charge in [0, 0.05) is 43.7 Å². The minimum Gasteiger partial charge on any atom is -0.488 e. The molecule has 1 aromatic heterocycles. The summed E-state index contributed by atoms with van der Waals surface area (Å²) in [4.78, 5) is 18.5. The molecule has 3 aliphatic heterocycles. The fourth-order valence-electron chi connectivity index (χ4n) is 5.57. The predicted octanol–water partition coefficient (Wildman–Crippen LogP) is 4.56. The molecule has 0 saturated carbocycles. The van der Waals surface area contributed by atoms with Gasteiger partial charge in [-0.2, -0.15) is 0 Å². The van der Waals surface area contributed by atoms with Crippen molar-refractivity contribution in [2.45, 2.75) is 39.3 Å². The number of benzene rings is 2. The van der Waals surface area contributed by atoms with Gasteiger partial charge in [-0.05, 0) is 55.0 Å². The number of carbonyl (C=O) groups is 1. The number of rotatable bonds is 7. The Hall–Kier alpha value is -2.98. The number of hydrogen-bond donors (Lipinski definition) is 1.